The number of amides is 1. The molecule has 1 heterocycles. The number of methoxy groups -OCH3 is 1. The van der Waals surface area contributed by atoms with E-state index in [-0.39, 0.29) is 30.0 Å². The van der Waals surface area contributed by atoms with Crippen molar-refractivity contribution in [2.45, 2.75) is 37.2 Å². The minimum Gasteiger partial charge on any atom is -0.497 e. The van der Waals surface area contributed by atoms with Gasteiger partial charge in [0.25, 0.3) is 15.9 Å². The molecule has 8 nitrogen and oxygen atoms in total. The summed E-state index contributed by atoms with van der Waals surface area (Å²) in [6, 6.07) is 20.9. The largest absolute Gasteiger partial charge is 0.497 e. The molecule has 0 aromatic heterocycles. The summed E-state index contributed by atoms with van der Waals surface area (Å²) in [4.78, 5) is 13.1. The molecule has 0 spiro atoms. The maximum Gasteiger partial charge on any atom is 0.264 e. The third kappa shape index (κ3) is 5.99. The third-order valence-electron chi connectivity index (χ3n) is 6.05. The minimum atomic E-state index is -4.00. The van der Waals surface area contributed by atoms with Crippen LogP contribution >= 0.6 is 0 Å². The van der Waals surface area contributed by atoms with Gasteiger partial charge in [-0.15, -0.1) is 0 Å². The van der Waals surface area contributed by atoms with Crippen LogP contribution in [0.5, 0.6) is 17.2 Å². The monoisotopic (exact) mass is 524 g/mol. The number of hydrogen-bond acceptors (Lipinski definition) is 6. The van der Waals surface area contributed by atoms with E-state index >= 15 is 0 Å². The van der Waals surface area contributed by atoms with E-state index in [1.807, 2.05) is 42.5 Å². The maximum atomic E-state index is 13.8. The van der Waals surface area contributed by atoms with E-state index in [0.29, 0.717) is 22.9 Å². The summed E-state index contributed by atoms with van der Waals surface area (Å²) in [5.74, 6) is 1.16. The summed E-state index contributed by atoms with van der Waals surface area (Å²) in [6.07, 6.45) is -1.03. The molecule has 3 aromatic carbocycles. The summed E-state index contributed by atoms with van der Waals surface area (Å²) in [5, 5.41) is 2.79. The topological polar surface area (TPSA) is 94.2 Å². The second kappa shape index (κ2) is 10.7. The maximum absolute atomic E-state index is 13.8. The second-order valence-electron chi connectivity index (χ2n) is 9.70. The lowest BCUT2D eigenvalue weighted by Crippen LogP contribution is -2.51. The first kappa shape index (κ1) is 26.3. The summed E-state index contributed by atoms with van der Waals surface area (Å²) >= 11 is 0. The van der Waals surface area contributed by atoms with Gasteiger partial charge in [0, 0.05) is 0 Å². The van der Waals surface area contributed by atoms with E-state index in [1.165, 1.54) is 23.5 Å². The lowest BCUT2D eigenvalue weighted by Gasteiger charge is -2.36. The Morgan fingerprint density at radius 2 is 1.73 bits per heavy atom. The molecule has 1 amide bonds. The number of nitrogens with zero attached hydrogens (tertiary/aromatic N) is 1. The number of benzene rings is 3. The number of fused-ring (bicyclic) bond motifs is 1. The number of ether oxygens (including phenoxy) is 3. The van der Waals surface area contributed by atoms with Crippen LogP contribution in [0.4, 0.5) is 5.69 Å². The van der Waals surface area contributed by atoms with Crippen molar-refractivity contribution in [3.05, 3.63) is 78.4 Å². The molecule has 0 saturated carbocycles. The number of nitrogens with one attached hydrogen (secondary N) is 1. The Morgan fingerprint density at radius 3 is 2.38 bits per heavy atom. The zero-order valence-electron chi connectivity index (χ0n) is 21.4. The first-order valence-electron chi connectivity index (χ1n) is 12.0. The van der Waals surface area contributed by atoms with E-state index in [0.717, 1.165) is 5.56 Å². The average molecular weight is 525 g/mol. The van der Waals surface area contributed by atoms with Crippen LogP contribution in [0, 0.1) is 0 Å². The quantitative estimate of drug-likeness (QED) is 0.445. The zero-order chi connectivity index (χ0) is 26.6. The molecule has 9 heteroatoms. The Balaban J connectivity index is 1.58. The van der Waals surface area contributed by atoms with Gasteiger partial charge in [0.15, 0.2) is 6.10 Å². The average Bonchev–Trinajstić information content (AvgIpc) is 2.90. The van der Waals surface area contributed by atoms with Gasteiger partial charge >= 0.3 is 0 Å². The van der Waals surface area contributed by atoms with Gasteiger partial charge in [-0.3, -0.25) is 9.10 Å². The summed E-state index contributed by atoms with van der Waals surface area (Å²) < 4.78 is 45.6. The van der Waals surface area contributed by atoms with Gasteiger partial charge in [-0.05, 0) is 59.5 Å². The Hall–Kier alpha value is -3.72. The number of anilines is 1. The molecule has 0 bridgehead atoms. The lowest BCUT2D eigenvalue weighted by molar-refractivity contribution is -0.127. The number of hydrogen-bond donors (Lipinski definition) is 1. The molecule has 0 aliphatic carbocycles. The molecule has 0 radical (unpaired) electrons. The van der Waals surface area contributed by atoms with Crippen molar-refractivity contribution >= 4 is 21.6 Å². The third-order valence-corrected chi connectivity index (χ3v) is 7.84. The molecule has 37 heavy (non-hydrogen) atoms. The number of para-hydroxylation sites is 1. The summed E-state index contributed by atoms with van der Waals surface area (Å²) in [6.45, 7) is 6.49. The summed E-state index contributed by atoms with van der Waals surface area (Å²) in [7, 11) is -2.48. The molecule has 1 aliphatic heterocycles. The van der Waals surface area contributed by atoms with Crippen molar-refractivity contribution < 1.29 is 27.4 Å². The van der Waals surface area contributed by atoms with Gasteiger partial charge in [0.05, 0.1) is 30.8 Å². The smallest absolute Gasteiger partial charge is 0.264 e. The molecule has 1 unspecified atom stereocenters. The molecular formula is C28H32N2O6S. The van der Waals surface area contributed by atoms with Crippen molar-refractivity contribution in [2.24, 2.45) is 0 Å². The predicted molar refractivity (Wildman–Crippen MR) is 142 cm³/mol. The van der Waals surface area contributed by atoms with Gasteiger partial charge in [-0.1, -0.05) is 45.0 Å². The predicted octanol–water partition coefficient (Wildman–Crippen LogP) is 4.14. The highest BCUT2D eigenvalue weighted by Crippen LogP contribution is 2.40. The first-order valence-corrected chi connectivity index (χ1v) is 13.5. The van der Waals surface area contributed by atoms with Crippen molar-refractivity contribution in [3.63, 3.8) is 0 Å². The molecule has 3 aromatic rings. The van der Waals surface area contributed by atoms with Gasteiger partial charge in [0.2, 0.25) is 0 Å². The number of rotatable bonds is 8. The van der Waals surface area contributed by atoms with Crippen LogP contribution in [-0.2, 0) is 20.2 Å². The molecule has 1 atom stereocenters. The van der Waals surface area contributed by atoms with E-state index in [2.05, 4.69) is 26.1 Å². The van der Waals surface area contributed by atoms with Crippen LogP contribution in [0.2, 0.25) is 0 Å². The first-order chi connectivity index (χ1) is 17.6. The van der Waals surface area contributed by atoms with Crippen molar-refractivity contribution in [1.29, 1.82) is 0 Å². The Kier molecular flexibility index (Phi) is 7.63. The highest BCUT2D eigenvalue weighted by atomic mass is 32.2. The molecule has 1 N–H and O–H groups in total. The SMILES string of the molecule is COc1ccc(S(=O)(=O)N2CC(C(=O)NCCOc3ccccc3)Oc3ccc(C(C)(C)C)cc32)cc1. The number of carbonyl (C=O) groups excluding carboxylic acids is 1. The van der Waals surface area contributed by atoms with Crippen LogP contribution in [0.1, 0.15) is 26.3 Å². The Labute approximate surface area is 218 Å². The fraction of sp³-hybridized carbons (Fsp3) is 0.321. The highest BCUT2D eigenvalue weighted by molar-refractivity contribution is 7.92. The molecule has 0 fully saturated rings. The normalized spacial score (nSPS) is 15.4. The fourth-order valence-corrected chi connectivity index (χ4v) is 5.40. The van der Waals surface area contributed by atoms with Crippen molar-refractivity contribution in [1.82, 2.24) is 5.32 Å². The van der Waals surface area contributed by atoms with E-state index in [9.17, 15) is 13.2 Å². The van der Waals surface area contributed by atoms with Gasteiger partial charge in [0.1, 0.15) is 23.9 Å². The van der Waals surface area contributed by atoms with Crippen molar-refractivity contribution in [3.8, 4) is 17.2 Å². The van der Waals surface area contributed by atoms with E-state index in [4.69, 9.17) is 14.2 Å². The standard InChI is InChI=1S/C28H32N2O6S/c1-28(2,3)20-10-15-25-24(18-20)30(37(32,33)23-13-11-21(34-4)12-14-23)19-26(36-25)27(31)29-16-17-35-22-8-6-5-7-9-22/h5-15,18,26H,16-17,19H2,1-4H3,(H,29,31). The van der Waals surface area contributed by atoms with Gasteiger partial charge in [-0.2, -0.15) is 0 Å². The van der Waals surface area contributed by atoms with Crippen LogP contribution in [-0.4, -0.2) is 47.2 Å². The lowest BCUT2D eigenvalue weighted by atomic mass is 9.86. The number of carbonyl (C=O) groups is 1. The Morgan fingerprint density at radius 1 is 1.03 bits per heavy atom. The van der Waals surface area contributed by atoms with Crippen molar-refractivity contribution in [2.75, 3.05) is 31.1 Å². The van der Waals surface area contributed by atoms with Crippen LogP contribution in [0.15, 0.2) is 77.7 Å². The number of sulfonamides is 1. The van der Waals surface area contributed by atoms with Gasteiger partial charge in [-0.25, -0.2) is 8.42 Å². The molecule has 1 aliphatic rings. The van der Waals surface area contributed by atoms with Gasteiger partial charge < -0.3 is 19.5 Å². The fourth-order valence-electron chi connectivity index (χ4n) is 3.93. The minimum absolute atomic E-state index is 0.0951. The van der Waals surface area contributed by atoms with Crippen LogP contribution in [0.25, 0.3) is 0 Å². The van der Waals surface area contributed by atoms with Crippen LogP contribution in [0.3, 0.4) is 0 Å². The second-order valence-corrected chi connectivity index (χ2v) is 11.6. The van der Waals surface area contributed by atoms with E-state index < -0.39 is 22.0 Å². The highest BCUT2D eigenvalue weighted by Gasteiger charge is 2.38. The van der Waals surface area contributed by atoms with Crippen LogP contribution < -0.4 is 23.8 Å². The zero-order valence-corrected chi connectivity index (χ0v) is 22.2. The Bertz CT molecular complexity index is 1340. The molecule has 4 rings (SSSR count). The summed E-state index contributed by atoms with van der Waals surface area (Å²) in [5.41, 5.74) is 1.14. The molecule has 196 valence electrons. The molecular weight excluding hydrogens is 492 g/mol. The molecule has 0 saturated heterocycles. The van der Waals surface area contributed by atoms with E-state index in [1.54, 1.807) is 18.2 Å².